The summed E-state index contributed by atoms with van der Waals surface area (Å²) in [6.07, 6.45) is 2.42. The van der Waals surface area contributed by atoms with Gasteiger partial charge in [-0.3, -0.25) is 9.69 Å². The molecule has 0 aromatic heterocycles. The number of nitrogens with zero attached hydrogens (tertiary/aromatic N) is 4. The Labute approximate surface area is 178 Å². The van der Waals surface area contributed by atoms with Gasteiger partial charge in [-0.05, 0) is 30.5 Å². The Kier molecular flexibility index (Phi) is 8.15. The Morgan fingerprint density at radius 3 is 2.59 bits per heavy atom. The van der Waals surface area contributed by atoms with Crippen LogP contribution in [0.1, 0.15) is 18.4 Å². The van der Waals surface area contributed by atoms with E-state index in [9.17, 15) is 4.79 Å². The lowest BCUT2D eigenvalue weighted by molar-refractivity contribution is -0.127. The number of ether oxygens (including phenoxy) is 1. The first-order chi connectivity index (χ1) is 14.0. The number of halogens is 1. The summed E-state index contributed by atoms with van der Waals surface area (Å²) in [5.41, 5.74) is 1.27. The minimum atomic E-state index is 0.00258. The van der Waals surface area contributed by atoms with E-state index in [1.165, 1.54) is 5.56 Å². The molecular weight excluding hydrogens is 390 g/mol. The second-order valence-corrected chi connectivity index (χ2v) is 8.27. The van der Waals surface area contributed by atoms with Crippen LogP contribution in [0.3, 0.4) is 0 Å². The topological polar surface area (TPSA) is 60.4 Å². The highest BCUT2D eigenvalue weighted by molar-refractivity contribution is 6.30. The lowest BCUT2D eigenvalue weighted by Gasteiger charge is -2.37. The first-order valence-electron chi connectivity index (χ1n) is 10.3. The monoisotopic (exact) mass is 421 g/mol. The van der Waals surface area contributed by atoms with E-state index in [4.69, 9.17) is 16.3 Å². The number of aliphatic imine (C=N–C) groups is 1. The van der Waals surface area contributed by atoms with Crippen LogP contribution in [0.25, 0.3) is 0 Å². The summed E-state index contributed by atoms with van der Waals surface area (Å²) in [6, 6.07) is 8.04. The summed E-state index contributed by atoms with van der Waals surface area (Å²) in [6.45, 7) is 6.30. The summed E-state index contributed by atoms with van der Waals surface area (Å²) in [7, 11) is 3.51. The van der Waals surface area contributed by atoms with E-state index in [0.29, 0.717) is 0 Å². The van der Waals surface area contributed by atoms with Crippen LogP contribution in [-0.2, 0) is 16.1 Å². The van der Waals surface area contributed by atoms with Gasteiger partial charge in [0.05, 0.1) is 6.10 Å². The van der Waals surface area contributed by atoms with Crippen molar-refractivity contribution in [2.45, 2.75) is 25.5 Å². The number of carbonyl (C=O) groups is 1. The van der Waals surface area contributed by atoms with Crippen molar-refractivity contribution < 1.29 is 9.53 Å². The molecular formula is C21H32ClN5O2. The Bertz CT molecular complexity index is 681. The van der Waals surface area contributed by atoms with E-state index >= 15 is 0 Å². The average Bonchev–Trinajstić information content (AvgIpc) is 3.24. The lowest BCUT2D eigenvalue weighted by atomic mass is 10.2. The zero-order valence-electron chi connectivity index (χ0n) is 17.4. The standard InChI is InChI=1S/C21H32ClN5O2/c1-25(2)20(28)15-24-21(23-14-19-4-3-13-29-19)27-11-9-26(10-12-27)16-17-5-7-18(22)8-6-17/h5-8,19H,3-4,9-16H2,1-2H3,(H,23,24). The van der Waals surface area contributed by atoms with Gasteiger partial charge in [-0.15, -0.1) is 0 Å². The molecule has 2 aliphatic heterocycles. The Balaban J connectivity index is 1.54. The van der Waals surface area contributed by atoms with Crippen LogP contribution in [0.2, 0.25) is 5.02 Å². The molecule has 1 N–H and O–H groups in total. The van der Waals surface area contributed by atoms with Crippen molar-refractivity contribution in [1.29, 1.82) is 0 Å². The highest BCUT2D eigenvalue weighted by Gasteiger charge is 2.22. The minimum absolute atomic E-state index is 0.00258. The largest absolute Gasteiger partial charge is 0.376 e. The van der Waals surface area contributed by atoms with E-state index in [1.54, 1.807) is 19.0 Å². The van der Waals surface area contributed by atoms with Crippen LogP contribution in [0.5, 0.6) is 0 Å². The average molecular weight is 422 g/mol. The van der Waals surface area contributed by atoms with Crippen LogP contribution in [-0.4, -0.2) is 92.6 Å². The molecule has 3 rings (SSSR count). The Morgan fingerprint density at radius 2 is 1.97 bits per heavy atom. The summed E-state index contributed by atoms with van der Waals surface area (Å²) in [5, 5.41) is 4.21. The SMILES string of the molecule is CN(C)C(=O)CN=C(NCC1CCCO1)N1CCN(Cc2ccc(Cl)cc2)CC1. The molecule has 1 unspecified atom stereocenters. The number of hydrogen-bond acceptors (Lipinski definition) is 4. The molecule has 7 nitrogen and oxygen atoms in total. The number of nitrogens with one attached hydrogen (secondary N) is 1. The van der Waals surface area contributed by atoms with Gasteiger partial charge >= 0.3 is 0 Å². The van der Waals surface area contributed by atoms with E-state index in [1.807, 2.05) is 12.1 Å². The van der Waals surface area contributed by atoms with Crippen molar-refractivity contribution in [3.05, 3.63) is 34.9 Å². The van der Waals surface area contributed by atoms with Gasteiger partial charge < -0.3 is 19.9 Å². The van der Waals surface area contributed by atoms with Crippen molar-refractivity contribution in [2.75, 3.05) is 60.0 Å². The third-order valence-electron chi connectivity index (χ3n) is 5.37. The van der Waals surface area contributed by atoms with Crippen LogP contribution in [0.15, 0.2) is 29.3 Å². The molecule has 0 radical (unpaired) electrons. The fourth-order valence-electron chi connectivity index (χ4n) is 3.53. The number of rotatable bonds is 6. The van der Waals surface area contributed by atoms with Crippen molar-refractivity contribution in [2.24, 2.45) is 4.99 Å². The molecule has 1 aromatic rings. The second kappa shape index (κ2) is 10.8. The van der Waals surface area contributed by atoms with E-state index in [2.05, 4.69) is 32.2 Å². The van der Waals surface area contributed by atoms with Gasteiger partial charge in [-0.25, -0.2) is 4.99 Å². The maximum Gasteiger partial charge on any atom is 0.243 e. The normalized spacial score (nSPS) is 20.7. The van der Waals surface area contributed by atoms with Crippen molar-refractivity contribution in [1.82, 2.24) is 20.0 Å². The molecule has 2 aliphatic rings. The summed E-state index contributed by atoms with van der Waals surface area (Å²) < 4.78 is 5.72. The maximum atomic E-state index is 12.0. The van der Waals surface area contributed by atoms with Gasteiger partial charge in [-0.1, -0.05) is 23.7 Å². The molecule has 2 heterocycles. The van der Waals surface area contributed by atoms with Gasteiger partial charge in [0, 0.05) is 65.0 Å². The van der Waals surface area contributed by atoms with Gasteiger partial charge in [-0.2, -0.15) is 0 Å². The van der Waals surface area contributed by atoms with Gasteiger partial charge in [0.15, 0.2) is 5.96 Å². The molecule has 160 valence electrons. The van der Waals surface area contributed by atoms with Crippen LogP contribution >= 0.6 is 11.6 Å². The second-order valence-electron chi connectivity index (χ2n) is 7.83. The number of benzene rings is 1. The fraction of sp³-hybridized carbons (Fsp3) is 0.619. The van der Waals surface area contributed by atoms with Crippen molar-refractivity contribution in [3.8, 4) is 0 Å². The molecule has 2 saturated heterocycles. The number of piperazine rings is 1. The molecule has 2 fully saturated rings. The van der Waals surface area contributed by atoms with Gasteiger partial charge in [0.25, 0.3) is 0 Å². The van der Waals surface area contributed by atoms with Gasteiger partial charge in [0.1, 0.15) is 6.54 Å². The predicted molar refractivity (Wildman–Crippen MR) is 116 cm³/mol. The van der Waals surface area contributed by atoms with Crippen molar-refractivity contribution in [3.63, 3.8) is 0 Å². The third kappa shape index (κ3) is 6.87. The number of hydrogen-bond donors (Lipinski definition) is 1. The quantitative estimate of drug-likeness (QED) is 0.559. The number of guanidine groups is 1. The fourth-order valence-corrected chi connectivity index (χ4v) is 3.65. The number of carbonyl (C=O) groups excluding carboxylic acids is 1. The van der Waals surface area contributed by atoms with Crippen LogP contribution in [0, 0.1) is 0 Å². The first kappa shape index (κ1) is 21.9. The van der Waals surface area contributed by atoms with Crippen LogP contribution < -0.4 is 5.32 Å². The molecule has 29 heavy (non-hydrogen) atoms. The molecule has 1 aromatic carbocycles. The minimum Gasteiger partial charge on any atom is -0.376 e. The van der Waals surface area contributed by atoms with E-state index in [0.717, 1.165) is 69.7 Å². The third-order valence-corrected chi connectivity index (χ3v) is 5.62. The van der Waals surface area contributed by atoms with E-state index < -0.39 is 0 Å². The number of likely N-dealkylation sites (N-methyl/N-ethyl adjacent to an activating group) is 1. The zero-order chi connectivity index (χ0) is 20.6. The zero-order valence-corrected chi connectivity index (χ0v) is 18.2. The Hall–Kier alpha value is -1.83. The molecule has 0 spiro atoms. The molecule has 8 heteroatoms. The Morgan fingerprint density at radius 1 is 1.24 bits per heavy atom. The van der Waals surface area contributed by atoms with Crippen LogP contribution in [0.4, 0.5) is 0 Å². The van der Waals surface area contributed by atoms with E-state index in [-0.39, 0.29) is 18.6 Å². The predicted octanol–water partition coefficient (Wildman–Crippen LogP) is 1.67. The lowest BCUT2D eigenvalue weighted by Crippen LogP contribution is -2.53. The number of amides is 1. The summed E-state index contributed by atoms with van der Waals surface area (Å²) >= 11 is 5.98. The molecule has 0 aliphatic carbocycles. The molecule has 1 amide bonds. The maximum absolute atomic E-state index is 12.0. The highest BCUT2D eigenvalue weighted by atomic mass is 35.5. The first-order valence-corrected chi connectivity index (χ1v) is 10.7. The molecule has 1 atom stereocenters. The molecule has 0 bridgehead atoms. The summed E-state index contributed by atoms with van der Waals surface area (Å²) in [5.74, 6) is 0.810. The van der Waals surface area contributed by atoms with Gasteiger partial charge in [0.2, 0.25) is 5.91 Å². The highest BCUT2D eigenvalue weighted by Crippen LogP contribution is 2.14. The summed E-state index contributed by atoms with van der Waals surface area (Å²) in [4.78, 5) is 22.9. The smallest absolute Gasteiger partial charge is 0.243 e. The molecule has 0 saturated carbocycles. The van der Waals surface area contributed by atoms with Crippen molar-refractivity contribution >= 4 is 23.5 Å².